The van der Waals surface area contributed by atoms with Gasteiger partial charge in [-0.2, -0.15) is 5.26 Å². The van der Waals surface area contributed by atoms with Gasteiger partial charge in [0.05, 0.1) is 16.6 Å². The summed E-state index contributed by atoms with van der Waals surface area (Å²) in [5, 5.41) is 19.2. The van der Waals surface area contributed by atoms with Gasteiger partial charge in [-0.15, -0.1) is 0 Å². The van der Waals surface area contributed by atoms with Gasteiger partial charge in [-0.25, -0.2) is 4.39 Å². The van der Waals surface area contributed by atoms with Crippen molar-refractivity contribution in [3.8, 4) is 17.6 Å². The smallest absolute Gasteiger partial charge is 0.269 e. The van der Waals surface area contributed by atoms with Crippen LogP contribution in [0.15, 0.2) is 42.5 Å². The fraction of sp³-hybridized carbons (Fsp3) is 0. The zero-order chi connectivity index (χ0) is 13.8. The number of hydrogen-bond acceptors (Lipinski definition) is 4. The van der Waals surface area contributed by atoms with Crippen molar-refractivity contribution in [3.63, 3.8) is 0 Å². The lowest BCUT2D eigenvalue weighted by Gasteiger charge is -2.05. The summed E-state index contributed by atoms with van der Waals surface area (Å²) in [5.74, 6) is -0.110. The lowest BCUT2D eigenvalue weighted by atomic mass is 10.2. The molecule has 0 spiro atoms. The van der Waals surface area contributed by atoms with Gasteiger partial charge in [-0.1, -0.05) is 0 Å². The first-order valence-electron chi connectivity index (χ1n) is 5.21. The Bertz CT molecular complexity index is 663. The molecular weight excluding hydrogens is 251 g/mol. The van der Waals surface area contributed by atoms with Crippen molar-refractivity contribution in [1.29, 1.82) is 5.26 Å². The monoisotopic (exact) mass is 258 g/mol. The molecule has 0 saturated heterocycles. The van der Waals surface area contributed by atoms with Gasteiger partial charge in [-0.3, -0.25) is 10.1 Å². The Morgan fingerprint density at radius 1 is 1.16 bits per heavy atom. The molecule has 0 atom stereocenters. The molecule has 0 radical (unpaired) electrons. The molecule has 5 nitrogen and oxygen atoms in total. The minimum absolute atomic E-state index is 0.0655. The summed E-state index contributed by atoms with van der Waals surface area (Å²) in [5.41, 5.74) is 0.0706. The highest BCUT2D eigenvalue weighted by molar-refractivity contribution is 5.41. The number of nitriles is 1. The third kappa shape index (κ3) is 3.04. The number of non-ortho nitro benzene ring substituents is 1. The zero-order valence-electron chi connectivity index (χ0n) is 9.54. The Hall–Kier alpha value is -2.94. The number of nitro benzene ring substituents is 1. The molecule has 2 aromatic rings. The average molecular weight is 258 g/mol. The van der Waals surface area contributed by atoms with Gasteiger partial charge in [-0.05, 0) is 24.3 Å². The number of hydrogen-bond donors (Lipinski definition) is 0. The summed E-state index contributed by atoms with van der Waals surface area (Å²) in [4.78, 5) is 9.95. The van der Waals surface area contributed by atoms with Crippen LogP contribution in [-0.4, -0.2) is 4.92 Å². The van der Waals surface area contributed by atoms with Gasteiger partial charge in [0.1, 0.15) is 17.3 Å². The van der Waals surface area contributed by atoms with Crippen molar-refractivity contribution in [1.82, 2.24) is 0 Å². The van der Waals surface area contributed by atoms with Crippen molar-refractivity contribution < 1.29 is 14.1 Å². The molecule has 0 saturated carbocycles. The first-order chi connectivity index (χ1) is 9.08. The van der Waals surface area contributed by atoms with E-state index in [9.17, 15) is 14.5 Å². The first kappa shape index (κ1) is 12.5. The highest BCUT2D eigenvalue weighted by Crippen LogP contribution is 2.25. The lowest BCUT2D eigenvalue weighted by molar-refractivity contribution is -0.384. The minimum atomic E-state index is -0.587. The van der Waals surface area contributed by atoms with Gasteiger partial charge in [0.15, 0.2) is 0 Å². The summed E-state index contributed by atoms with van der Waals surface area (Å²) in [6.07, 6.45) is 0. The Morgan fingerprint density at radius 3 is 2.42 bits per heavy atom. The van der Waals surface area contributed by atoms with Crippen molar-refractivity contribution in [2.24, 2.45) is 0 Å². The molecule has 19 heavy (non-hydrogen) atoms. The van der Waals surface area contributed by atoms with Crippen LogP contribution in [0.5, 0.6) is 11.5 Å². The molecule has 0 aliphatic heterocycles. The number of nitro groups is 1. The van der Waals surface area contributed by atoms with Crippen molar-refractivity contribution in [3.05, 3.63) is 64.0 Å². The number of nitrogens with zero attached hydrogens (tertiary/aromatic N) is 2. The van der Waals surface area contributed by atoms with E-state index in [0.29, 0.717) is 5.75 Å². The molecule has 0 heterocycles. The van der Waals surface area contributed by atoms with Gasteiger partial charge in [0.2, 0.25) is 0 Å². The van der Waals surface area contributed by atoms with Crippen LogP contribution >= 0.6 is 0 Å². The first-order valence-corrected chi connectivity index (χ1v) is 5.21. The Labute approximate surface area is 107 Å². The molecule has 94 valence electrons. The van der Waals surface area contributed by atoms with E-state index in [1.54, 1.807) is 0 Å². The van der Waals surface area contributed by atoms with Gasteiger partial charge >= 0.3 is 0 Å². The molecule has 0 unspecified atom stereocenters. The predicted octanol–water partition coefficient (Wildman–Crippen LogP) is 3.40. The summed E-state index contributed by atoms with van der Waals surface area (Å²) in [6, 6.07) is 10.8. The molecule has 0 fully saturated rings. The molecule has 6 heteroatoms. The number of rotatable bonds is 3. The van der Waals surface area contributed by atoms with Crippen LogP contribution < -0.4 is 4.74 Å². The van der Waals surface area contributed by atoms with Crippen LogP contribution in [0.1, 0.15) is 5.56 Å². The van der Waals surface area contributed by atoms with Crippen molar-refractivity contribution >= 4 is 5.69 Å². The van der Waals surface area contributed by atoms with Crippen LogP contribution in [0.25, 0.3) is 0 Å². The van der Waals surface area contributed by atoms with Crippen LogP contribution in [0, 0.1) is 27.3 Å². The second-order valence-electron chi connectivity index (χ2n) is 3.64. The number of benzene rings is 2. The number of ether oxygens (including phenoxy) is 1. The van der Waals surface area contributed by atoms with Crippen LogP contribution in [0.4, 0.5) is 10.1 Å². The molecule has 0 bridgehead atoms. The maximum Gasteiger partial charge on any atom is 0.269 e. The van der Waals surface area contributed by atoms with Crippen LogP contribution in [0.2, 0.25) is 0 Å². The highest BCUT2D eigenvalue weighted by atomic mass is 19.1. The Balaban J connectivity index is 2.24. The number of halogens is 1. The fourth-order valence-corrected chi connectivity index (χ4v) is 1.46. The molecule has 2 aromatic carbocycles. The molecule has 0 amide bonds. The van der Waals surface area contributed by atoms with E-state index in [-0.39, 0.29) is 17.0 Å². The van der Waals surface area contributed by atoms with Gasteiger partial charge in [0.25, 0.3) is 5.69 Å². The van der Waals surface area contributed by atoms with E-state index in [1.807, 2.05) is 6.07 Å². The van der Waals surface area contributed by atoms with E-state index >= 15 is 0 Å². The predicted molar refractivity (Wildman–Crippen MR) is 64.3 cm³/mol. The maximum atomic E-state index is 13.2. The Morgan fingerprint density at radius 2 is 1.84 bits per heavy atom. The summed E-state index contributed by atoms with van der Waals surface area (Å²) in [7, 11) is 0. The van der Waals surface area contributed by atoms with E-state index in [4.69, 9.17) is 10.00 Å². The van der Waals surface area contributed by atoms with Crippen LogP contribution in [0.3, 0.4) is 0 Å². The zero-order valence-corrected chi connectivity index (χ0v) is 9.54. The van der Waals surface area contributed by atoms with Gasteiger partial charge in [0, 0.05) is 18.2 Å². The van der Waals surface area contributed by atoms with Crippen molar-refractivity contribution in [2.45, 2.75) is 0 Å². The Kier molecular flexibility index (Phi) is 3.39. The summed E-state index contributed by atoms with van der Waals surface area (Å²) >= 11 is 0. The standard InChI is InChI=1S/C13H7FN2O3/c14-10-5-9(8-15)6-13(7-10)19-12-3-1-11(2-4-12)16(17)18/h1-7H. The molecule has 0 aliphatic carbocycles. The normalized spacial score (nSPS) is 9.68. The third-order valence-corrected chi connectivity index (χ3v) is 2.28. The molecule has 0 aromatic heterocycles. The van der Waals surface area contributed by atoms with E-state index < -0.39 is 10.7 Å². The molecule has 2 rings (SSSR count). The van der Waals surface area contributed by atoms with Crippen LogP contribution in [-0.2, 0) is 0 Å². The SMILES string of the molecule is N#Cc1cc(F)cc(Oc2ccc([N+](=O)[O-])cc2)c1. The molecule has 0 N–H and O–H groups in total. The topological polar surface area (TPSA) is 76.2 Å². The summed E-state index contributed by atoms with van der Waals surface area (Å²) < 4.78 is 18.5. The molecular formula is C13H7FN2O3. The fourth-order valence-electron chi connectivity index (χ4n) is 1.46. The van der Waals surface area contributed by atoms with Crippen molar-refractivity contribution in [2.75, 3.05) is 0 Å². The van der Waals surface area contributed by atoms with E-state index in [0.717, 1.165) is 12.1 Å². The quantitative estimate of drug-likeness (QED) is 0.624. The maximum absolute atomic E-state index is 13.2. The lowest BCUT2D eigenvalue weighted by Crippen LogP contribution is -1.89. The van der Waals surface area contributed by atoms with Gasteiger partial charge < -0.3 is 4.74 Å². The van der Waals surface area contributed by atoms with E-state index in [2.05, 4.69) is 0 Å². The van der Waals surface area contributed by atoms with E-state index in [1.165, 1.54) is 30.3 Å². The second kappa shape index (κ2) is 5.14. The highest BCUT2D eigenvalue weighted by Gasteiger charge is 2.06. The second-order valence-corrected chi connectivity index (χ2v) is 3.64. The molecule has 0 aliphatic rings. The minimum Gasteiger partial charge on any atom is -0.457 e. The summed E-state index contributed by atoms with van der Waals surface area (Å²) in [6.45, 7) is 0. The third-order valence-electron chi connectivity index (χ3n) is 2.28. The largest absolute Gasteiger partial charge is 0.457 e. The average Bonchev–Trinajstić information content (AvgIpc) is 2.38.